The van der Waals surface area contributed by atoms with E-state index in [1.54, 1.807) is 17.8 Å². The highest BCUT2D eigenvalue weighted by Crippen LogP contribution is 2.24. The van der Waals surface area contributed by atoms with Crippen molar-refractivity contribution in [1.82, 2.24) is 9.78 Å². The van der Waals surface area contributed by atoms with Crippen LogP contribution in [0.2, 0.25) is 5.15 Å². The van der Waals surface area contributed by atoms with Crippen LogP contribution in [0.1, 0.15) is 11.3 Å². The van der Waals surface area contributed by atoms with Gasteiger partial charge in [0.25, 0.3) is 0 Å². The van der Waals surface area contributed by atoms with E-state index < -0.39 is 0 Å². The third-order valence-corrected chi connectivity index (χ3v) is 3.03. The van der Waals surface area contributed by atoms with Crippen LogP contribution in [0.5, 0.6) is 5.75 Å². The first-order valence-corrected chi connectivity index (χ1v) is 5.62. The van der Waals surface area contributed by atoms with Gasteiger partial charge in [-0.25, -0.2) is 0 Å². The highest BCUT2D eigenvalue weighted by atomic mass is 35.5. The van der Waals surface area contributed by atoms with E-state index in [4.69, 9.17) is 22.1 Å². The van der Waals surface area contributed by atoms with Gasteiger partial charge in [-0.3, -0.25) is 4.68 Å². The Labute approximate surface area is 105 Å². The molecule has 0 bridgehead atoms. The van der Waals surface area contributed by atoms with Crippen LogP contribution in [0.15, 0.2) is 24.3 Å². The van der Waals surface area contributed by atoms with E-state index in [1.807, 2.05) is 25.1 Å². The molecule has 0 aliphatic rings. The number of hydrogen-bond acceptors (Lipinski definition) is 3. The lowest BCUT2D eigenvalue weighted by molar-refractivity contribution is 0.307. The summed E-state index contributed by atoms with van der Waals surface area (Å²) in [5, 5.41) is 4.81. The Hall–Kier alpha value is -1.68. The zero-order chi connectivity index (χ0) is 12.4. The minimum absolute atomic E-state index is 0.368. The van der Waals surface area contributed by atoms with E-state index in [-0.39, 0.29) is 0 Å². The number of aryl methyl sites for hydroxylation is 2. The molecule has 0 amide bonds. The van der Waals surface area contributed by atoms with Crippen LogP contribution in [0, 0.1) is 6.92 Å². The van der Waals surface area contributed by atoms with Gasteiger partial charge in [0.15, 0.2) is 0 Å². The Morgan fingerprint density at radius 2 is 2.12 bits per heavy atom. The molecule has 2 rings (SSSR count). The number of ether oxygens (including phenoxy) is 1. The topological polar surface area (TPSA) is 53.1 Å². The van der Waals surface area contributed by atoms with Gasteiger partial charge in [0, 0.05) is 12.6 Å². The van der Waals surface area contributed by atoms with Crippen LogP contribution < -0.4 is 10.5 Å². The lowest BCUT2D eigenvalue weighted by atomic mass is 10.2. The highest BCUT2D eigenvalue weighted by Gasteiger charge is 2.12. The number of para-hydroxylation sites is 2. The molecule has 5 heteroatoms. The Morgan fingerprint density at radius 1 is 1.41 bits per heavy atom. The van der Waals surface area contributed by atoms with Crippen molar-refractivity contribution in [3.8, 4) is 5.75 Å². The molecule has 0 spiro atoms. The Bertz CT molecular complexity index is 537. The standard InChI is InChI=1S/C12H14ClN3O/c1-8-9(12(13)16(2)15-8)7-17-11-6-4-3-5-10(11)14/h3-6H,7,14H2,1-2H3. The minimum atomic E-state index is 0.368. The van der Waals surface area contributed by atoms with Crippen molar-refractivity contribution < 1.29 is 4.74 Å². The van der Waals surface area contributed by atoms with E-state index in [0.29, 0.717) is 23.2 Å². The van der Waals surface area contributed by atoms with Crippen molar-refractivity contribution in [2.24, 2.45) is 7.05 Å². The average molecular weight is 252 g/mol. The molecule has 0 aliphatic carbocycles. The highest BCUT2D eigenvalue weighted by molar-refractivity contribution is 6.30. The molecule has 0 aliphatic heterocycles. The van der Waals surface area contributed by atoms with Crippen LogP contribution in [-0.2, 0) is 13.7 Å². The van der Waals surface area contributed by atoms with Gasteiger partial charge in [0.05, 0.1) is 11.4 Å². The summed E-state index contributed by atoms with van der Waals surface area (Å²) in [4.78, 5) is 0. The summed E-state index contributed by atoms with van der Waals surface area (Å²) in [5.41, 5.74) is 8.16. The van der Waals surface area contributed by atoms with Crippen LogP contribution in [0.4, 0.5) is 5.69 Å². The number of hydrogen-bond donors (Lipinski definition) is 1. The number of nitrogens with zero attached hydrogens (tertiary/aromatic N) is 2. The monoisotopic (exact) mass is 251 g/mol. The number of rotatable bonds is 3. The smallest absolute Gasteiger partial charge is 0.142 e. The Balaban J connectivity index is 2.15. The second kappa shape index (κ2) is 4.67. The maximum atomic E-state index is 6.11. The van der Waals surface area contributed by atoms with E-state index in [2.05, 4.69) is 5.10 Å². The maximum Gasteiger partial charge on any atom is 0.142 e. The summed E-state index contributed by atoms with van der Waals surface area (Å²) in [5.74, 6) is 0.659. The third-order valence-electron chi connectivity index (χ3n) is 2.56. The van der Waals surface area contributed by atoms with Crippen molar-refractivity contribution in [2.45, 2.75) is 13.5 Å². The van der Waals surface area contributed by atoms with Crippen molar-refractivity contribution in [3.05, 3.63) is 40.7 Å². The number of anilines is 1. The summed E-state index contributed by atoms with van der Waals surface area (Å²) >= 11 is 6.11. The number of benzene rings is 1. The van der Waals surface area contributed by atoms with E-state index >= 15 is 0 Å². The molecule has 4 nitrogen and oxygen atoms in total. The fourth-order valence-corrected chi connectivity index (χ4v) is 1.83. The van der Waals surface area contributed by atoms with Crippen molar-refractivity contribution >= 4 is 17.3 Å². The molecule has 0 unspecified atom stereocenters. The second-order valence-electron chi connectivity index (χ2n) is 3.80. The van der Waals surface area contributed by atoms with Gasteiger partial charge >= 0.3 is 0 Å². The fraction of sp³-hybridized carbons (Fsp3) is 0.250. The van der Waals surface area contributed by atoms with E-state index in [0.717, 1.165) is 11.3 Å². The summed E-state index contributed by atoms with van der Waals surface area (Å²) in [7, 11) is 1.80. The predicted octanol–water partition coefficient (Wildman–Crippen LogP) is 2.54. The summed E-state index contributed by atoms with van der Waals surface area (Å²) in [6.45, 7) is 2.27. The molecule has 90 valence electrons. The van der Waals surface area contributed by atoms with Crippen molar-refractivity contribution in [2.75, 3.05) is 5.73 Å². The summed E-state index contributed by atoms with van der Waals surface area (Å²) < 4.78 is 7.26. The molecule has 0 radical (unpaired) electrons. The van der Waals surface area contributed by atoms with Crippen LogP contribution in [-0.4, -0.2) is 9.78 Å². The van der Waals surface area contributed by atoms with Gasteiger partial charge in [-0.05, 0) is 19.1 Å². The Kier molecular flexibility index (Phi) is 3.24. The maximum absolute atomic E-state index is 6.11. The lowest BCUT2D eigenvalue weighted by Crippen LogP contribution is -1.99. The number of aromatic nitrogens is 2. The molecule has 2 aromatic rings. The van der Waals surface area contributed by atoms with Gasteiger partial charge in [-0.2, -0.15) is 5.10 Å². The second-order valence-corrected chi connectivity index (χ2v) is 4.16. The van der Waals surface area contributed by atoms with Gasteiger partial charge in [0.2, 0.25) is 0 Å². The van der Waals surface area contributed by atoms with Gasteiger partial charge in [-0.1, -0.05) is 23.7 Å². The largest absolute Gasteiger partial charge is 0.487 e. The molecular weight excluding hydrogens is 238 g/mol. The number of nitrogen functional groups attached to an aromatic ring is 1. The SMILES string of the molecule is Cc1nn(C)c(Cl)c1COc1ccccc1N. The molecular formula is C12H14ClN3O. The first kappa shape index (κ1) is 11.8. The van der Waals surface area contributed by atoms with E-state index in [9.17, 15) is 0 Å². The van der Waals surface area contributed by atoms with Gasteiger partial charge in [0.1, 0.15) is 17.5 Å². The molecule has 17 heavy (non-hydrogen) atoms. The molecule has 0 atom stereocenters. The van der Waals surface area contributed by atoms with Crippen LogP contribution >= 0.6 is 11.6 Å². The first-order valence-electron chi connectivity index (χ1n) is 5.25. The summed E-state index contributed by atoms with van der Waals surface area (Å²) in [6.07, 6.45) is 0. The van der Waals surface area contributed by atoms with Gasteiger partial charge in [-0.15, -0.1) is 0 Å². The third kappa shape index (κ3) is 2.36. The quantitative estimate of drug-likeness (QED) is 0.853. The lowest BCUT2D eigenvalue weighted by Gasteiger charge is -2.08. The van der Waals surface area contributed by atoms with Crippen LogP contribution in [0.3, 0.4) is 0 Å². The molecule has 0 saturated heterocycles. The van der Waals surface area contributed by atoms with Gasteiger partial charge < -0.3 is 10.5 Å². The molecule has 1 aromatic carbocycles. The zero-order valence-electron chi connectivity index (χ0n) is 9.77. The van der Waals surface area contributed by atoms with Crippen LogP contribution in [0.25, 0.3) is 0 Å². The molecule has 1 heterocycles. The van der Waals surface area contributed by atoms with Crippen molar-refractivity contribution in [1.29, 1.82) is 0 Å². The zero-order valence-corrected chi connectivity index (χ0v) is 10.5. The van der Waals surface area contributed by atoms with Crippen molar-refractivity contribution in [3.63, 3.8) is 0 Å². The van der Waals surface area contributed by atoms with E-state index in [1.165, 1.54) is 0 Å². The normalized spacial score (nSPS) is 10.5. The summed E-state index contributed by atoms with van der Waals surface area (Å²) in [6, 6.07) is 7.37. The molecule has 2 N–H and O–H groups in total. The molecule has 0 saturated carbocycles. The predicted molar refractivity (Wildman–Crippen MR) is 68.1 cm³/mol. The molecule has 0 fully saturated rings. The number of halogens is 1. The Morgan fingerprint density at radius 3 is 2.71 bits per heavy atom. The molecule has 1 aromatic heterocycles. The number of nitrogens with two attached hydrogens (primary N) is 1. The fourth-order valence-electron chi connectivity index (χ4n) is 1.60. The minimum Gasteiger partial charge on any atom is -0.487 e. The first-order chi connectivity index (χ1) is 8.09. The average Bonchev–Trinajstić information content (AvgIpc) is 2.53.